The summed E-state index contributed by atoms with van der Waals surface area (Å²) in [6.45, 7) is 10.5. The number of carbonyl (C=O) groups excluding carboxylic acids is 1. The van der Waals surface area contributed by atoms with E-state index >= 15 is 0 Å². The van der Waals surface area contributed by atoms with E-state index in [9.17, 15) is 4.79 Å². The first-order valence-corrected chi connectivity index (χ1v) is 7.38. The average Bonchev–Trinajstić information content (AvgIpc) is 2.42. The van der Waals surface area contributed by atoms with Crippen LogP contribution in [0.3, 0.4) is 0 Å². The summed E-state index contributed by atoms with van der Waals surface area (Å²) in [5, 5.41) is 0. The number of hydrogen-bond donors (Lipinski definition) is 0. The molecular formula is C18H26O3. The fourth-order valence-corrected chi connectivity index (χ4v) is 2.48. The molecule has 0 atom stereocenters. The van der Waals surface area contributed by atoms with Gasteiger partial charge in [0.05, 0.1) is 13.7 Å². The summed E-state index contributed by atoms with van der Waals surface area (Å²) < 4.78 is 10.3. The van der Waals surface area contributed by atoms with E-state index in [1.807, 2.05) is 13.8 Å². The second kappa shape index (κ2) is 7.87. The van der Waals surface area contributed by atoms with Crippen molar-refractivity contribution in [2.75, 3.05) is 13.7 Å². The molecule has 0 spiro atoms. The number of hydrogen-bond acceptors (Lipinski definition) is 3. The van der Waals surface area contributed by atoms with E-state index in [1.54, 1.807) is 13.2 Å². The molecule has 0 aliphatic rings. The Balaban J connectivity index is 2.85. The Labute approximate surface area is 128 Å². The molecule has 0 N–H and O–H groups in total. The molecule has 0 radical (unpaired) electrons. The molecular weight excluding hydrogens is 264 g/mol. The zero-order chi connectivity index (χ0) is 16.0. The summed E-state index contributed by atoms with van der Waals surface area (Å²) in [6.07, 6.45) is 3.36. The van der Waals surface area contributed by atoms with Gasteiger partial charge in [0.25, 0.3) is 0 Å². The maximum Gasteiger partial charge on any atom is 0.330 e. The summed E-state index contributed by atoms with van der Waals surface area (Å²) in [5.41, 5.74) is 6.07. The van der Waals surface area contributed by atoms with Crippen LogP contribution in [0, 0.1) is 20.8 Å². The SMILES string of the molecule is CCOC(=O)C=C(C)CCc1c(C)cc(OC)c(C)c1C. The summed E-state index contributed by atoms with van der Waals surface area (Å²) in [6, 6.07) is 2.09. The lowest BCUT2D eigenvalue weighted by molar-refractivity contribution is -0.137. The van der Waals surface area contributed by atoms with E-state index < -0.39 is 0 Å². The van der Waals surface area contributed by atoms with E-state index in [2.05, 4.69) is 26.8 Å². The summed E-state index contributed by atoms with van der Waals surface area (Å²) in [5.74, 6) is 0.682. The molecule has 0 saturated carbocycles. The van der Waals surface area contributed by atoms with Gasteiger partial charge in [-0.15, -0.1) is 0 Å². The third kappa shape index (κ3) is 4.62. The predicted molar refractivity (Wildman–Crippen MR) is 85.9 cm³/mol. The Morgan fingerprint density at radius 2 is 1.90 bits per heavy atom. The van der Waals surface area contributed by atoms with Crippen LogP contribution in [0.15, 0.2) is 17.7 Å². The Kier molecular flexibility index (Phi) is 6.47. The Morgan fingerprint density at radius 1 is 1.24 bits per heavy atom. The minimum Gasteiger partial charge on any atom is -0.496 e. The zero-order valence-electron chi connectivity index (χ0n) is 14.0. The highest BCUT2D eigenvalue weighted by Crippen LogP contribution is 2.28. The quantitative estimate of drug-likeness (QED) is 0.585. The number of ether oxygens (including phenoxy) is 2. The second-order valence-corrected chi connectivity index (χ2v) is 5.37. The molecule has 0 aliphatic heterocycles. The first kappa shape index (κ1) is 17.3. The van der Waals surface area contributed by atoms with Crippen LogP contribution in [-0.4, -0.2) is 19.7 Å². The number of rotatable bonds is 6. The third-order valence-electron chi connectivity index (χ3n) is 3.85. The molecule has 1 aromatic rings. The Bertz CT molecular complexity index is 542. The molecule has 0 aromatic heterocycles. The van der Waals surface area contributed by atoms with E-state index in [1.165, 1.54) is 22.3 Å². The van der Waals surface area contributed by atoms with Crippen LogP contribution in [0.2, 0.25) is 0 Å². The molecule has 1 aromatic carbocycles. The minimum atomic E-state index is -0.255. The lowest BCUT2D eigenvalue weighted by Crippen LogP contribution is -2.02. The van der Waals surface area contributed by atoms with Crippen molar-refractivity contribution in [1.29, 1.82) is 0 Å². The molecule has 0 heterocycles. The summed E-state index contributed by atoms with van der Waals surface area (Å²) in [7, 11) is 1.70. The Hall–Kier alpha value is -1.77. The topological polar surface area (TPSA) is 35.5 Å². The smallest absolute Gasteiger partial charge is 0.330 e. The van der Waals surface area contributed by atoms with Crippen LogP contribution < -0.4 is 4.74 Å². The van der Waals surface area contributed by atoms with Crippen LogP contribution in [0.4, 0.5) is 0 Å². The first-order valence-electron chi connectivity index (χ1n) is 7.38. The maximum absolute atomic E-state index is 11.4. The van der Waals surface area contributed by atoms with Gasteiger partial charge >= 0.3 is 5.97 Å². The van der Waals surface area contributed by atoms with E-state index in [-0.39, 0.29) is 5.97 Å². The molecule has 3 nitrogen and oxygen atoms in total. The Morgan fingerprint density at radius 3 is 2.48 bits per heavy atom. The molecule has 0 amide bonds. The minimum absolute atomic E-state index is 0.255. The van der Waals surface area contributed by atoms with Crippen molar-refractivity contribution in [3.63, 3.8) is 0 Å². The molecule has 3 heteroatoms. The molecule has 0 aliphatic carbocycles. The van der Waals surface area contributed by atoms with Crippen LogP contribution in [-0.2, 0) is 16.0 Å². The number of aryl methyl sites for hydroxylation is 1. The summed E-state index contributed by atoms with van der Waals surface area (Å²) >= 11 is 0. The largest absolute Gasteiger partial charge is 0.496 e. The highest BCUT2D eigenvalue weighted by atomic mass is 16.5. The molecule has 0 bridgehead atoms. The van der Waals surface area contributed by atoms with Gasteiger partial charge in [-0.2, -0.15) is 0 Å². The van der Waals surface area contributed by atoms with Gasteiger partial charge in [-0.05, 0) is 75.8 Å². The van der Waals surface area contributed by atoms with E-state index in [0.717, 1.165) is 24.2 Å². The molecule has 0 fully saturated rings. The molecule has 1 rings (SSSR count). The third-order valence-corrected chi connectivity index (χ3v) is 3.85. The lowest BCUT2D eigenvalue weighted by Gasteiger charge is -2.16. The van der Waals surface area contributed by atoms with Gasteiger partial charge in [-0.1, -0.05) is 5.57 Å². The van der Waals surface area contributed by atoms with Crippen molar-refractivity contribution in [3.05, 3.63) is 40.0 Å². The lowest BCUT2D eigenvalue weighted by atomic mass is 9.93. The number of esters is 1. The van der Waals surface area contributed by atoms with E-state index in [4.69, 9.17) is 9.47 Å². The van der Waals surface area contributed by atoms with Crippen molar-refractivity contribution >= 4 is 5.97 Å². The van der Waals surface area contributed by atoms with Crippen molar-refractivity contribution in [2.24, 2.45) is 0 Å². The van der Waals surface area contributed by atoms with Gasteiger partial charge < -0.3 is 9.47 Å². The maximum atomic E-state index is 11.4. The fourth-order valence-electron chi connectivity index (χ4n) is 2.48. The van der Waals surface area contributed by atoms with Gasteiger partial charge in [-0.3, -0.25) is 0 Å². The zero-order valence-corrected chi connectivity index (χ0v) is 14.0. The standard InChI is InChI=1S/C18H26O3/c1-7-21-18(19)10-12(2)8-9-16-13(3)11-17(20-6)15(5)14(16)4/h10-11H,7-9H2,1-6H3. The molecule has 0 saturated heterocycles. The highest BCUT2D eigenvalue weighted by molar-refractivity contribution is 5.82. The monoisotopic (exact) mass is 290 g/mol. The van der Waals surface area contributed by atoms with Gasteiger partial charge in [0.2, 0.25) is 0 Å². The van der Waals surface area contributed by atoms with Crippen molar-refractivity contribution in [2.45, 2.75) is 47.5 Å². The highest BCUT2D eigenvalue weighted by Gasteiger charge is 2.11. The van der Waals surface area contributed by atoms with Crippen molar-refractivity contribution in [1.82, 2.24) is 0 Å². The van der Waals surface area contributed by atoms with Gasteiger partial charge in [0, 0.05) is 6.08 Å². The number of carbonyl (C=O) groups is 1. The molecule has 116 valence electrons. The number of benzene rings is 1. The fraction of sp³-hybridized carbons (Fsp3) is 0.500. The van der Waals surface area contributed by atoms with E-state index in [0.29, 0.717) is 6.61 Å². The van der Waals surface area contributed by atoms with Crippen LogP contribution >= 0.6 is 0 Å². The number of allylic oxidation sites excluding steroid dienone is 1. The molecule has 0 unspecified atom stereocenters. The van der Waals surface area contributed by atoms with Gasteiger partial charge in [-0.25, -0.2) is 4.79 Å². The van der Waals surface area contributed by atoms with Crippen LogP contribution in [0.25, 0.3) is 0 Å². The normalized spacial score (nSPS) is 11.4. The number of methoxy groups -OCH3 is 1. The van der Waals surface area contributed by atoms with Crippen LogP contribution in [0.1, 0.15) is 42.5 Å². The van der Waals surface area contributed by atoms with Crippen LogP contribution in [0.5, 0.6) is 5.75 Å². The molecule has 21 heavy (non-hydrogen) atoms. The average molecular weight is 290 g/mol. The van der Waals surface area contributed by atoms with Gasteiger partial charge in [0.1, 0.15) is 5.75 Å². The predicted octanol–water partition coefficient (Wildman–Crippen LogP) is 4.06. The van der Waals surface area contributed by atoms with Crippen molar-refractivity contribution < 1.29 is 14.3 Å². The summed E-state index contributed by atoms with van der Waals surface area (Å²) in [4.78, 5) is 11.4. The second-order valence-electron chi connectivity index (χ2n) is 5.37. The first-order chi connectivity index (χ1) is 9.90. The van der Waals surface area contributed by atoms with Gasteiger partial charge in [0.15, 0.2) is 0 Å². The van der Waals surface area contributed by atoms with Crippen molar-refractivity contribution in [3.8, 4) is 5.75 Å².